The van der Waals surface area contributed by atoms with Gasteiger partial charge in [0.15, 0.2) is 0 Å². The van der Waals surface area contributed by atoms with E-state index in [1.807, 2.05) is 19.1 Å². The minimum absolute atomic E-state index is 0.461. The van der Waals surface area contributed by atoms with Crippen molar-refractivity contribution in [2.24, 2.45) is 0 Å². The van der Waals surface area contributed by atoms with Crippen molar-refractivity contribution >= 4 is 22.5 Å². The van der Waals surface area contributed by atoms with E-state index in [9.17, 15) is 0 Å². The van der Waals surface area contributed by atoms with Crippen LogP contribution >= 0.6 is 11.6 Å². The molecule has 0 fully saturated rings. The van der Waals surface area contributed by atoms with Crippen LogP contribution < -0.4 is 0 Å². The fraction of sp³-hybridized carbons (Fsp3) is 0.375. The van der Waals surface area contributed by atoms with Crippen molar-refractivity contribution in [2.45, 2.75) is 39.0 Å². The molecule has 0 amide bonds. The number of halogens is 1. The van der Waals surface area contributed by atoms with Crippen molar-refractivity contribution in [1.82, 2.24) is 4.98 Å². The summed E-state index contributed by atoms with van der Waals surface area (Å²) in [6.07, 6.45) is 4.93. The Balaban J connectivity index is 2.39. The summed E-state index contributed by atoms with van der Waals surface area (Å²) in [6.45, 7) is 2.00. The number of hydrogen-bond donors (Lipinski definition) is 0. The second-order valence-electron chi connectivity index (χ2n) is 5.13. The molecule has 2 nitrogen and oxygen atoms in total. The lowest BCUT2D eigenvalue weighted by atomic mass is 9.88. The molecule has 0 unspecified atom stereocenters. The quantitative estimate of drug-likeness (QED) is 0.781. The Kier molecular flexibility index (Phi) is 3.16. The summed E-state index contributed by atoms with van der Waals surface area (Å²) in [6, 6.07) is 6.23. The second-order valence-corrected chi connectivity index (χ2v) is 5.53. The van der Waals surface area contributed by atoms with E-state index in [-0.39, 0.29) is 0 Å². The van der Waals surface area contributed by atoms with Crippen molar-refractivity contribution in [2.75, 3.05) is 0 Å². The Labute approximate surface area is 118 Å². The van der Waals surface area contributed by atoms with Crippen LogP contribution in [0.1, 0.15) is 35.2 Å². The van der Waals surface area contributed by atoms with Crippen LogP contribution in [0.25, 0.3) is 10.9 Å². The summed E-state index contributed by atoms with van der Waals surface area (Å²) in [7, 11) is 0. The normalized spacial score (nSPS) is 14.2. The van der Waals surface area contributed by atoms with Crippen LogP contribution in [0.3, 0.4) is 0 Å². The molecule has 1 aromatic carbocycles. The molecule has 1 heterocycles. The van der Waals surface area contributed by atoms with E-state index in [0.717, 1.165) is 34.3 Å². The highest BCUT2D eigenvalue weighted by atomic mass is 35.5. The average molecular weight is 271 g/mol. The van der Waals surface area contributed by atoms with Crippen molar-refractivity contribution in [3.05, 3.63) is 39.5 Å². The Morgan fingerprint density at radius 1 is 1.32 bits per heavy atom. The number of aryl methyl sites for hydroxylation is 2. The van der Waals surface area contributed by atoms with E-state index in [1.165, 1.54) is 29.7 Å². The summed E-state index contributed by atoms with van der Waals surface area (Å²) >= 11 is 6.20. The van der Waals surface area contributed by atoms with Gasteiger partial charge in [0.2, 0.25) is 0 Å². The van der Waals surface area contributed by atoms with Gasteiger partial charge in [0, 0.05) is 16.1 Å². The standard InChI is InChI=1S/C16H15ClN2/c1-10-14(17)7-6-13-11(8-9-18)12-4-2-3-5-15(12)19-16(10)13/h6-7H,2-5,8H2,1H3. The molecular formula is C16H15ClN2. The topological polar surface area (TPSA) is 36.7 Å². The minimum atomic E-state index is 0.461. The fourth-order valence-corrected chi connectivity index (χ4v) is 3.13. The number of fused-ring (bicyclic) bond motifs is 2. The number of hydrogen-bond acceptors (Lipinski definition) is 2. The lowest BCUT2D eigenvalue weighted by Crippen LogP contribution is -2.10. The highest BCUT2D eigenvalue weighted by molar-refractivity contribution is 6.32. The van der Waals surface area contributed by atoms with Crippen LogP contribution in [-0.2, 0) is 19.3 Å². The number of pyridine rings is 1. The highest BCUT2D eigenvalue weighted by Crippen LogP contribution is 2.33. The molecule has 2 aromatic rings. The maximum Gasteiger partial charge on any atom is 0.0752 e. The van der Waals surface area contributed by atoms with E-state index in [0.29, 0.717) is 6.42 Å². The lowest BCUT2D eigenvalue weighted by Gasteiger charge is -2.20. The predicted octanol–water partition coefficient (Wildman–Crippen LogP) is 4.14. The van der Waals surface area contributed by atoms with Gasteiger partial charge < -0.3 is 0 Å². The lowest BCUT2D eigenvalue weighted by molar-refractivity contribution is 0.666. The maximum atomic E-state index is 9.11. The van der Waals surface area contributed by atoms with Crippen LogP contribution in [-0.4, -0.2) is 4.98 Å². The van der Waals surface area contributed by atoms with Crippen LogP contribution in [0.5, 0.6) is 0 Å². The van der Waals surface area contributed by atoms with Gasteiger partial charge >= 0.3 is 0 Å². The molecular weight excluding hydrogens is 256 g/mol. The smallest absolute Gasteiger partial charge is 0.0752 e. The molecule has 0 bridgehead atoms. The van der Waals surface area contributed by atoms with Gasteiger partial charge in [0.25, 0.3) is 0 Å². The number of rotatable bonds is 1. The number of aromatic nitrogens is 1. The van der Waals surface area contributed by atoms with Gasteiger partial charge in [-0.25, -0.2) is 0 Å². The largest absolute Gasteiger partial charge is 0.252 e. The van der Waals surface area contributed by atoms with Crippen LogP contribution in [0.15, 0.2) is 12.1 Å². The molecule has 0 atom stereocenters. The van der Waals surface area contributed by atoms with Gasteiger partial charge in [0.05, 0.1) is 18.0 Å². The van der Waals surface area contributed by atoms with Gasteiger partial charge in [-0.3, -0.25) is 4.98 Å². The van der Waals surface area contributed by atoms with Crippen molar-refractivity contribution in [1.29, 1.82) is 5.26 Å². The molecule has 0 saturated carbocycles. The van der Waals surface area contributed by atoms with Gasteiger partial charge in [-0.2, -0.15) is 5.26 Å². The molecule has 1 aromatic heterocycles. The molecule has 0 radical (unpaired) electrons. The zero-order valence-corrected chi connectivity index (χ0v) is 11.7. The van der Waals surface area contributed by atoms with Crippen LogP contribution in [0.2, 0.25) is 5.02 Å². The molecule has 1 aliphatic rings. The molecule has 0 N–H and O–H groups in total. The third kappa shape index (κ3) is 1.99. The Morgan fingerprint density at radius 3 is 2.89 bits per heavy atom. The highest BCUT2D eigenvalue weighted by Gasteiger charge is 2.19. The summed E-state index contributed by atoms with van der Waals surface area (Å²) < 4.78 is 0. The van der Waals surface area contributed by atoms with E-state index >= 15 is 0 Å². The Bertz CT molecular complexity index is 698. The maximum absolute atomic E-state index is 9.11. The molecule has 96 valence electrons. The number of benzene rings is 1. The molecule has 1 aliphatic carbocycles. The third-order valence-corrected chi connectivity index (χ3v) is 4.41. The van der Waals surface area contributed by atoms with E-state index in [2.05, 4.69) is 6.07 Å². The summed E-state index contributed by atoms with van der Waals surface area (Å²) in [4.78, 5) is 4.83. The zero-order valence-electron chi connectivity index (χ0n) is 11.0. The van der Waals surface area contributed by atoms with Gasteiger partial charge in [-0.15, -0.1) is 0 Å². The fourth-order valence-electron chi connectivity index (χ4n) is 2.98. The Hall–Kier alpha value is -1.59. The molecule has 0 saturated heterocycles. The first-order valence-corrected chi connectivity index (χ1v) is 7.06. The molecule has 0 spiro atoms. The van der Waals surface area contributed by atoms with Crippen molar-refractivity contribution < 1.29 is 0 Å². The molecule has 3 rings (SSSR count). The number of nitriles is 1. The van der Waals surface area contributed by atoms with E-state index in [4.69, 9.17) is 21.8 Å². The predicted molar refractivity (Wildman–Crippen MR) is 77.4 cm³/mol. The number of nitrogens with zero attached hydrogens (tertiary/aromatic N) is 2. The third-order valence-electron chi connectivity index (χ3n) is 4.00. The van der Waals surface area contributed by atoms with Crippen molar-refractivity contribution in [3.8, 4) is 6.07 Å². The first-order valence-electron chi connectivity index (χ1n) is 6.68. The summed E-state index contributed by atoms with van der Waals surface area (Å²) in [5.41, 5.74) is 5.64. The second kappa shape index (κ2) is 4.83. The van der Waals surface area contributed by atoms with Crippen LogP contribution in [0, 0.1) is 18.3 Å². The van der Waals surface area contributed by atoms with Gasteiger partial charge in [-0.05, 0) is 55.4 Å². The van der Waals surface area contributed by atoms with Crippen LogP contribution in [0.4, 0.5) is 0 Å². The van der Waals surface area contributed by atoms with Gasteiger partial charge in [0.1, 0.15) is 0 Å². The zero-order chi connectivity index (χ0) is 13.4. The first-order chi connectivity index (χ1) is 9.22. The van der Waals surface area contributed by atoms with E-state index < -0.39 is 0 Å². The average Bonchev–Trinajstić information content (AvgIpc) is 2.43. The minimum Gasteiger partial charge on any atom is -0.252 e. The SMILES string of the molecule is Cc1c(Cl)ccc2c(CC#N)c3c(nc12)CCCC3. The Morgan fingerprint density at radius 2 is 2.11 bits per heavy atom. The first kappa shape index (κ1) is 12.4. The summed E-state index contributed by atoms with van der Waals surface area (Å²) in [5, 5.41) is 11.0. The molecule has 0 aliphatic heterocycles. The molecule has 3 heteroatoms. The molecule has 19 heavy (non-hydrogen) atoms. The van der Waals surface area contributed by atoms with E-state index in [1.54, 1.807) is 0 Å². The van der Waals surface area contributed by atoms with Crippen molar-refractivity contribution in [3.63, 3.8) is 0 Å². The van der Waals surface area contributed by atoms with Gasteiger partial charge in [-0.1, -0.05) is 17.7 Å². The monoisotopic (exact) mass is 270 g/mol. The summed E-state index contributed by atoms with van der Waals surface area (Å²) in [5.74, 6) is 0.